The third-order valence-electron chi connectivity index (χ3n) is 4.46. The summed E-state index contributed by atoms with van der Waals surface area (Å²) in [5, 5.41) is 6.46. The number of hydrogen-bond acceptors (Lipinski definition) is 4. The molecule has 0 spiro atoms. The van der Waals surface area contributed by atoms with Gasteiger partial charge in [0.15, 0.2) is 0 Å². The van der Waals surface area contributed by atoms with Crippen LogP contribution in [0.2, 0.25) is 0 Å². The molecule has 0 aliphatic carbocycles. The standard InChI is InChI=1S/C15H28N2O3.ClH/c1-19-12-15(5-7-16-8-6-15)11-17-14(18)10-13-4-2-3-9-20-13;/h13,16H,2-12H2,1H3,(H,17,18);1H. The first-order valence-electron chi connectivity index (χ1n) is 7.82. The molecule has 2 saturated heterocycles. The Hall–Kier alpha value is -0.360. The Morgan fingerprint density at radius 2 is 2.14 bits per heavy atom. The third-order valence-corrected chi connectivity index (χ3v) is 4.46. The Morgan fingerprint density at radius 1 is 1.38 bits per heavy atom. The van der Waals surface area contributed by atoms with E-state index in [2.05, 4.69) is 10.6 Å². The second-order valence-electron chi connectivity index (χ2n) is 6.15. The summed E-state index contributed by atoms with van der Waals surface area (Å²) in [6.45, 7) is 4.25. The van der Waals surface area contributed by atoms with Gasteiger partial charge in [-0.15, -0.1) is 12.4 Å². The van der Waals surface area contributed by atoms with E-state index in [9.17, 15) is 4.79 Å². The zero-order valence-corrected chi connectivity index (χ0v) is 13.8. The molecule has 1 unspecified atom stereocenters. The van der Waals surface area contributed by atoms with E-state index in [0.717, 1.165) is 52.0 Å². The van der Waals surface area contributed by atoms with E-state index >= 15 is 0 Å². The third kappa shape index (κ3) is 6.10. The van der Waals surface area contributed by atoms with E-state index in [1.54, 1.807) is 7.11 Å². The van der Waals surface area contributed by atoms with Crippen molar-refractivity contribution in [2.45, 2.75) is 44.6 Å². The first-order valence-corrected chi connectivity index (χ1v) is 7.82. The molecule has 0 bridgehead atoms. The quantitative estimate of drug-likeness (QED) is 0.778. The van der Waals surface area contributed by atoms with Gasteiger partial charge in [-0.1, -0.05) is 0 Å². The molecule has 5 nitrogen and oxygen atoms in total. The number of rotatable bonds is 6. The molecule has 0 aromatic heterocycles. The van der Waals surface area contributed by atoms with Crippen molar-refractivity contribution in [3.63, 3.8) is 0 Å². The minimum absolute atomic E-state index is 0. The topological polar surface area (TPSA) is 59.6 Å². The SMILES string of the molecule is COCC1(CNC(=O)CC2CCCCO2)CCNCC1.Cl. The molecule has 1 atom stereocenters. The number of hydrogen-bond donors (Lipinski definition) is 2. The van der Waals surface area contributed by atoms with Gasteiger partial charge in [0, 0.05) is 25.7 Å². The van der Waals surface area contributed by atoms with E-state index in [0.29, 0.717) is 13.0 Å². The molecule has 2 fully saturated rings. The van der Waals surface area contributed by atoms with Crippen molar-refractivity contribution < 1.29 is 14.3 Å². The van der Waals surface area contributed by atoms with Crippen molar-refractivity contribution in [1.82, 2.24) is 10.6 Å². The zero-order chi connectivity index (χ0) is 14.3. The summed E-state index contributed by atoms with van der Waals surface area (Å²) in [6, 6.07) is 0. The van der Waals surface area contributed by atoms with Gasteiger partial charge in [-0.05, 0) is 45.2 Å². The number of methoxy groups -OCH3 is 1. The number of halogens is 1. The molecule has 0 aromatic rings. The Labute approximate surface area is 133 Å². The lowest BCUT2D eigenvalue weighted by atomic mass is 9.79. The fourth-order valence-electron chi connectivity index (χ4n) is 3.17. The normalized spacial score (nSPS) is 24.9. The highest BCUT2D eigenvalue weighted by atomic mass is 35.5. The van der Waals surface area contributed by atoms with Crippen LogP contribution in [0, 0.1) is 5.41 Å². The van der Waals surface area contributed by atoms with E-state index in [4.69, 9.17) is 9.47 Å². The molecule has 1 amide bonds. The lowest BCUT2D eigenvalue weighted by Crippen LogP contribution is -2.47. The molecule has 0 radical (unpaired) electrons. The van der Waals surface area contributed by atoms with E-state index < -0.39 is 0 Å². The Bertz CT molecular complexity index is 298. The van der Waals surface area contributed by atoms with Gasteiger partial charge in [-0.25, -0.2) is 0 Å². The van der Waals surface area contributed by atoms with Gasteiger partial charge in [0.05, 0.1) is 19.1 Å². The molecule has 2 heterocycles. The first kappa shape index (κ1) is 18.7. The fourth-order valence-corrected chi connectivity index (χ4v) is 3.17. The highest BCUT2D eigenvalue weighted by Crippen LogP contribution is 2.28. The smallest absolute Gasteiger partial charge is 0.222 e. The van der Waals surface area contributed by atoms with Gasteiger partial charge in [-0.2, -0.15) is 0 Å². The molecule has 21 heavy (non-hydrogen) atoms. The van der Waals surface area contributed by atoms with Crippen LogP contribution >= 0.6 is 12.4 Å². The van der Waals surface area contributed by atoms with Crippen molar-refractivity contribution >= 4 is 18.3 Å². The maximum Gasteiger partial charge on any atom is 0.222 e. The number of nitrogens with one attached hydrogen (secondary N) is 2. The number of ether oxygens (including phenoxy) is 2. The lowest BCUT2D eigenvalue weighted by Gasteiger charge is -2.37. The molecule has 2 N–H and O–H groups in total. The molecule has 0 saturated carbocycles. The summed E-state index contributed by atoms with van der Waals surface area (Å²) in [6.07, 6.45) is 6.05. The maximum absolute atomic E-state index is 12.1. The van der Waals surface area contributed by atoms with Crippen LogP contribution in [-0.4, -0.2) is 52.0 Å². The molecular weight excluding hydrogens is 292 g/mol. The summed E-state index contributed by atoms with van der Waals surface area (Å²) in [7, 11) is 1.74. The van der Waals surface area contributed by atoms with E-state index in [1.807, 2.05) is 0 Å². The second-order valence-corrected chi connectivity index (χ2v) is 6.15. The molecule has 2 aliphatic heterocycles. The zero-order valence-electron chi connectivity index (χ0n) is 13.0. The fraction of sp³-hybridized carbons (Fsp3) is 0.933. The summed E-state index contributed by atoms with van der Waals surface area (Å²) in [5.74, 6) is 0.117. The van der Waals surface area contributed by atoms with E-state index in [-0.39, 0.29) is 29.8 Å². The van der Waals surface area contributed by atoms with Crippen LogP contribution in [0.5, 0.6) is 0 Å². The van der Waals surface area contributed by atoms with Gasteiger partial charge >= 0.3 is 0 Å². The number of piperidine rings is 1. The second kappa shape index (κ2) is 9.62. The van der Waals surface area contributed by atoms with Crippen LogP contribution in [0.4, 0.5) is 0 Å². The predicted octanol–water partition coefficient (Wildman–Crippen LogP) is 1.50. The van der Waals surface area contributed by atoms with Gasteiger partial charge in [0.1, 0.15) is 0 Å². The predicted molar refractivity (Wildman–Crippen MR) is 84.9 cm³/mol. The molecule has 2 aliphatic rings. The first-order chi connectivity index (χ1) is 9.74. The Balaban J connectivity index is 0.00000220. The summed E-state index contributed by atoms with van der Waals surface area (Å²) in [5.41, 5.74) is 0.100. The Morgan fingerprint density at radius 3 is 2.76 bits per heavy atom. The molecule has 6 heteroatoms. The van der Waals surface area contributed by atoms with Crippen LogP contribution in [0.1, 0.15) is 38.5 Å². The van der Waals surface area contributed by atoms with Crippen LogP contribution in [0.25, 0.3) is 0 Å². The molecule has 0 aromatic carbocycles. The summed E-state index contributed by atoms with van der Waals surface area (Å²) < 4.78 is 11.0. The summed E-state index contributed by atoms with van der Waals surface area (Å²) >= 11 is 0. The van der Waals surface area contributed by atoms with Gasteiger partial charge in [-0.3, -0.25) is 4.79 Å². The van der Waals surface area contributed by atoms with Crippen LogP contribution in [-0.2, 0) is 14.3 Å². The monoisotopic (exact) mass is 320 g/mol. The maximum atomic E-state index is 12.1. The summed E-state index contributed by atoms with van der Waals surface area (Å²) in [4.78, 5) is 12.1. The van der Waals surface area contributed by atoms with E-state index in [1.165, 1.54) is 6.42 Å². The highest BCUT2D eigenvalue weighted by Gasteiger charge is 2.32. The van der Waals surface area contributed by atoms with Crippen molar-refractivity contribution in [2.75, 3.05) is 40.0 Å². The van der Waals surface area contributed by atoms with Crippen LogP contribution in [0.3, 0.4) is 0 Å². The van der Waals surface area contributed by atoms with Crippen molar-refractivity contribution in [3.8, 4) is 0 Å². The lowest BCUT2D eigenvalue weighted by molar-refractivity contribution is -0.125. The minimum Gasteiger partial charge on any atom is -0.384 e. The van der Waals surface area contributed by atoms with Crippen molar-refractivity contribution in [3.05, 3.63) is 0 Å². The Kier molecular flexibility index (Phi) is 8.56. The number of amides is 1. The largest absolute Gasteiger partial charge is 0.384 e. The van der Waals surface area contributed by atoms with Crippen LogP contribution < -0.4 is 10.6 Å². The van der Waals surface area contributed by atoms with Crippen LogP contribution in [0.15, 0.2) is 0 Å². The van der Waals surface area contributed by atoms with Crippen molar-refractivity contribution in [1.29, 1.82) is 0 Å². The number of carbonyl (C=O) groups is 1. The highest BCUT2D eigenvalue weighted by molar-refractivity contribution is 5.85. The minimum atomic E-state index is 0. The van der Waals surface area contributed by atoms with Gasteiger partial charge in [0.2, 0.25) is 5.91 Å². The molecule has 124 valence electrons. The molecular formula is C15H29ClN2O3. The van der Waals surface area contributed by atoms with Gasteiger partial charge < -0.3 is 20.1 Å². The van der Waals surface area contributed by atoms with Gasteiger partial charge in [0.25, 0.3) is 0 Å². The number of carbonyl (C=O) groups excluding carboxylic acids is 1. The van der Waals surface area contributed by atoms with Crippen molar-refractivity contribution in [2.24, 2.45) is 5.41 Å². The average molecular weight is 321 g/mol. The molecule has 2 rings (SSSR count). The average Bonchev–Trinajstić information content (AvgIpc) is 2.48.